The van der Waals surface area contributed by atoms with Gasteiger partial charge in [-0.25, -0.2) is 4.98 Å². The van der Waals surface area contributed by atoms with Crippen molar-refractivity contribution in [2.75, 3.05) is 18.0 Å². The van der Waals surface area contributed by atoms with Crippen LogP contribution >= 0.6 is 0 Å². The zero-order chi connectivity index (χ0) is 13.6. The van der Waals surface area contributed by atoms with E-state index in [1.165, 1.54) is 51.4 Å². The molecule has 0 aromatic carbocycles. The lowest BCUT2D eigenvalue weighted by Gasteiger charge is -2.35. The highest BCUT2D eigenvalue weighted by molar-refractivity contribution is 5.38. The number of hydrogen-bond acceptors (Lipinski definition) is 3. The van der Waals surface area contributed by atoms with Crippen molar-refractivity contribution in [3.8, 4) is 0 Å². The Balaban J connectivity index is 1.46. The lowest BCUT2D eigenvalue weighted by atomic mass is 10.0. The molecule has 3 heteroatoms. The predicted octanol–water partition coefficient (Wildman–Crippen LogP) is 3.36. The molecule has 0 atom stereocenters. The molecule has 0 bridgehead atoms. The Hall–Kier alpha value is -1.09. The Kier molecular flexibility index (Phi) is 4.91. The fourth-order valence-electron chi connectivity index (χ4n) is 3.60. The average molecular weight is 273 g/mol. The number of rotatable bonds is 3. The first-order valence-electron chi connectivity index (χ1n) is 8.34. The van der Waals surface area contributed by atoms with E-state index in [4.69, 9.17) is 0 Å². The van der Waals surface area contributed by atoms with Crippen LogP contribution in [0.15, 0.2) is 24.4 Å². The van der Waals surface area contributed by atoms with Crippen LogP contribution in [0.25, 0.3) is 0 Å². The van der Waals surface area contributed by atoms with E-state index in [1.54, 1.807) is 0 Å². The van der Waals surface area contributed by atoms with E-state index in [1.807, 2.05) is 12.3 Å². The van der Waals surface area contributed by atoms with Gasteiger partial charge in [-0.05, 0) is 37.8 Å². The Morgan fingerprint density at radius 1 is 0.900 bits per heavy atom. The van der Waals surface area contributed by atoms with Gasteiger partial charge in [0.15, 0.2) is 0 Å². The standard InChI is InChI=1S/C17H27N3/c1-2-4-8-15(7-3-1)19-16-10-13-20(14-11-16)17-9-5-6-12-18-17/h5-6,9,12,15-16,19H,1-4,7-8,10-11,13-14H2. The van der Waals surface area contributed by atoms with Gasteiger partial charge >= 0.3 is 0 Å². The quantitative estimate of drug-likeness (QED) is 0.856. The molecule has 0 unspecified atom stereocenters. The molecule has 1 saturated heterocycles. The van der Waals surface area contributed by atoms with Crippen molar-refractivity contribution in [3.05, 3.63) is 24.4 Å². The van der Waals surface area contributed by atoms with Gasteiger partial charge in [-0.3, -0.25) is 0 Å². The molecule has 2 fully saturated rings. The first kappa shape index (κ1) is 13.9. The fraction of sp³-hybridized carbons (Fsp3) is 0.706. The monoisotopic (exact) mass is 273 g/mol. The van der Waals surface area contributed by atoms with Crippen molar-refractivity contribution in [1.82, 2.24) is 10.3 Å². The van der Waals surface area contributed by atoms with Crippen LogP contribution in [0.4, 0.5) is 5.82 Å². The summed E-state index contributed by atoms with van der Waals surface area (Å²) in [4.78, 5) is 6.88. The number of nitrogens with zero attached hydrogens (tertiary/aromatic N) is 2. The van der Waals surface area contributed by atoms with E-state index < -0.39 is 0 Å². The summed E-state index contributed by atoms with van der Waals surface area (Å²) in [7, 11) is 0. The van der Waals surface area contributed by atoms with E-state index in [0.29, 0.717) is 0 Å². The number of hydrogen-bond donors (Lipinski definition) is 1. The van der Waals surface area contributed by atoms with Crippen LogP contribution in [0.2, 0.25) is 0 Å². The Morgan fingerprint density at radius 2 is 1.60 bits per heavy atom. The summed E-state index contributed by atoms with van der Waals surface area (Å²) < 4.78 is 0. The highest BCUT2D eigenvalue weighted by Crippen LogP contribution is 2.21. The topological polar surface area (TPSA) is 28.2 Å². The lowest BCUT2D eigenvalue weighted by Crippen LogP contribution is -2.46. The zero-order valence-electron chi connectivity index (χ0n) is 12.4. The molecule has 1 aromatic heterocycles. The Morgan fingerprint density at radius 3 is 2.25 bits per heavy atom. The maximum absolute atomic E-state index is 4.46. The van der Waals surface area contributed by atoms with Crippen LogP contribution in [0.5, 0.6) is 0 Å². The maximum Gasteiger partial charge on any atom is 0.128 e. The molecular formula is C17H27N3. The minimum absolute atomic E-state index is 0.720. The molecule has 20 heavy (non-hydrogen) atoms. The molecule has 1 aromatic rings. The van der Waals surface area contributed by atoms with Crippen molar-refractivity contribution >= 4 is 5.82 Å². The van der Waals surface area contributed by atoms with Crippen LogP contribution in [0, 0.1) is 0 Å². The molecule has 3 rings (SSSR count). The summed E-state index contributed by atoms with van der Waals surface area (Å²) in [5.41, 5.74) is 0. The second-order valence-corrected chi connectivity index (χ2v) is 6.30. The van der Waals surface area contributed by atoms with Gasteiger partial charge in [-0.1, -0.05) is 31.7 Å². The molecule has 0 amide bonds. The van der Waals surface area contributed by atoms with E-state index in [2.05, 4.69) is 27.3 Å². The molecule has 0 radical (unpaired) electrons. The summed E-state index contributed by atoms with van der Waals surface area (Å²) >= 11 is 0. The maximum atomic E-state index is 4.46. The van der Waals surface area contributed by atoms with Crippen LogP contribution in [-0.2, 0) is 0 Å². The fourth-order valence-corrected chi connectivity index (χ4v) is 3.60. The van der Waals surface area contributed by atoms with Gasteiger partial charge in [0.05, 0.1) is 0 Å². The van der Waals surface area contributed by atoms with Crippen molar-refractivity contribution < 1.29 is 0 Å². The van der Waals surface area contributed by atoms with Gasteiger partial charge in [0.2, 0.25) is 0 Å². The van der Waals surface area contributed by atoms with E-state index >= 15 is 0 Å². The van der Waals surface area contributed by atoms with Crippen molar-refractivity contribution in [1.29, 1.82) is 0 Å². The number of piperidine rings is 1. The second-order valence-electron chi connectivity index (χ2n) is 6.30. The van der Waals surface area contributed by atoms with Crippen LogP contribution in [0.3, 0.4) is 0 Å². The predicted molar refractivity (Wildman–Crippen MR) is 84.1 cm³/mol. The van der Waals surface area contributed by atoms with Crippen LogP contribution in [0.1, 0.15) is 51.4 Å². The van der Waals surface area contributed by atoms with E-state index in [-0.39, 0.29) is 0 Å². The van der Waals surface area contributed by atoms with Crippen LogP contribution in [-0.4, -0.2) is 30.2 Å². The van der Waals surface area contributed by atoms with Gasteiger partial charge in [-0.15, -0.1) is 0 Å². The molecule has 2 heterocycles. The van der Waals surface area contributed by atoms with Gasteiger partial charge in [-0.2, -0.15) is 0 Å². The minimum Gasteiger partial charge on any atom is -0.357 e. The molecule has 1 aliphatic carbocycles. The summed E-state index contributed by atoms with van der Waals surface area (Å²) in [6.07, 6.45) is 12.9. The summed E-state index contributed by atoms with van der Waals surface area (Å²) in [5, 5.41) is 3.92. The summed E-state index contributed by atoms with van der Waals surface area (Å²) in [6.45, 7) is 2.28. The minimum atomic E-state index is 0.720. The molecule has 1 saturated carbocycles. The van der Waals surface area contributed by atoms with Crippen molar-refractivity contribution in [3.63, 3.8) is 0 Å². The van der Waals surface area contributed by atoms with Crippen LogP contribution < -0.4 is 10.2 Å². The number of nitrogens with one attached hydrogen (secondary N) is 1. The van der Waals surface area contributed by atoms with Gasteiger partial charge in [0, 0.05) is 31.4 Å². The largest absolute Gasteiger partial charge is 0.357 e. The van der Waals surface area contributed by atoms with Crippen molar-refractivity contribution in [2.24, 2.45) is 0 Å². The lowest BCUT2D eigenvalue weighted by molar-refractivity contribution is 0.344. The summed E-state index contributed by atoms with van der Waals surface area (Å²) in [6, 6.07) is 7.70. The highest BCUT2D eigenvalue weighted by atomic mass is 15.2. The Bertz CT molecular complexity index is 376. The molecule has 1 aliphatic heterocycles. The van der Waals surface area contributed by atoms with E-state index in [0.717, 1.165) is 31.0 Å². The molecule has 2 aliphatic rings. The first-order valence-corrected chi connectivity index (χ1v) is 8.34. The van der Waals surface area contributed by atoms with E-state index in [9.17, 15) is 0 Å². The highest BCUT2D eigenvalue weighted by Gasteiger charge is 2.22. The number of aromatic nitrogens is 1. The molecule has 0 spiro atoms. The summed E-state index contributed by atoms with van der Waals surface area (Å²) in [5.74, 6) is 1.14. The van der Waals surface area contributed by atoms with Gasteiger partial charge in [0.25, 0.3) is 0 Å². The molecule has 1 N–H and O–H groups in total. The third-order valence-corrected chi connectivity index (χ3v) is 4.79. The SMILES string of the molecule is c1ccc(N2CCC(NC3CCCCCC3)CC2)nc1. The molecule has 110 valence electrons. The molecular weight excluding hydrogens is 246 g/mol. The van der Waals surface area contributed by atoms with Crippen molar-refractivity contribution in [2.45, 2.75) is 63.5 Å². The van der Waals surface area contributed by atoms with Gasteiger partial charge < -0.3 is 10.2 Å². The number of anilines is 1. The normalized spacial score (nSPS) is 22.7. The average Bonchev–Trinajstić information content (AvgIpc) is 2.78. The second kappa shape index (κ2) is 7.07. The Labute approximate surface area is 122 Å². The molecule has 3 nitrogen and oxygen atoms in total. The third-order valence-electron chi connectivity index (χ3n) is 4.79. The first-order chi connectivity index (χ1) is 9.92. The smallest absolute Gasteiger partial charge is 0.128 e. The third kappa shape index (κ3) is 3.72. The number of pyridine rings is 1. The zero-order valence-corrected chi connectivity index (χ0v) is 12.4. The van der Waals surface area contributed by atoms with Gasteiger partial charge in [0.1, 0.15) is 5.82 Å².